The minimum Gasteiger partial charge on any atom is -0.508 e. The summed E-state index contributed by atoms with van der Waals surface area (Å²) in [6.45, 7) is 2.51. The summed E-state index contributed by atoms with van der Waals surface area (Å²) in [7, 11) is 0. The van der Waals surface area contributed by atoms with E-state index in [4.69, 9.17) is 0 Å². The molecule has 2 aromatic carbocycles. The third kappa shape index (κ3) is 2.74. The third-order valence-corrected chi connectivity index (χ3v) is 7.18. The first-order chi connectivity index (χ1) is 14.1. The van der Waals surface area contributed by atoms with E-state index in [2.05, 4.69) is 19.1 Å². The zero-order chi connectivity index (χ0) is 20.1. The van der Waals surface area contributed by atoms with Crippen LogP contribution in [0.2, 0.25) is 0 Å². The second-order valence-electron chi connectivity index (χ2n) is 7.69. The summed E-state index contributed by atoms with van der Waals surface area (Å²) in [5, 5.41) is 11.2. The Morgan fingerprint density at radius 2 is 1.97 bits per heavy atom. The number of phenols is 1. The van der Waals surface area contributed by atoms with Crippen molar-refractivity contribution in [1.29, 1.82) is 0 Å². The average molecular weight is 407 g/mol. The van der Waals surface area contributed by atoms with E-state index >= 15 is 0 Å². The first-order valence-corrected chi connectivity index (χ1v) is 10.8. The SMILES string of the molecule is CCCCN1C(=O)[C@@H]2Cc3c(sc4ccccc34)[C@@H](c3cccc(O)c3)N2C1=O. The molecule has 2 aliphatic heterocycles. The van der Waals surface area contributed by atoms with Crippen LogP contribution in [-0.2, 0) is 11.2 Å². The fourth-order valence-corrected chi connectivity index (χ4v) is 5.90. The number of aromatic hydroxyl groups is 1. The maximum absolute atomic E-state index is 13.3. The number of amides is 3. The van der Waals surface area contributed by atoms with E-state index in [1.54, 1.807) is 34.4 Å². The molecule has 1 saturated heterocycles. The van der Waals surface area contributed by atoms with Crippen LogP contribution in [-0.4, -0.2) is 39.4 Å². The van der Waals surface area contributed by atoms with Crippen LogP contribution in [0, 0.1) is 0 Å². The second kappa shape index (κ2) is 6.88. The summed E-state index contributed by atoms with van der Waals surface area (Å²) < 4.78 is 1.16. The van der Waals surface area contributed by atoms with Gasteiger partial charge in [-0.25, -0.2) is 4.79 Å². The molecule has 1 aromatic heterocycles. The number of phenolic OH excluding ortho intramolecular Hbond substituents is 1. The normalized spacial score (nSPS) is 21.0. The number of rotatable bonds is 4. The summed E-state index contributed by atoms with van der Waals surface area (Å²) >= 11 is 1.67. The van der Waals surface area contributed by atoms with E-state index in [0.29, 0.717) is 13.0 Å². The van der Waals surface area contributed by atoms with Gasteiger partial charge in [0.25, 0.3) is 5.91 Å². The number of fused-ring (bicyclic) bond motifs is 4. The molecular formula is C23H22N2O3S. The fourth-order valence-electron chi connectivity index (χ4n) is 4.54. The molecule has 5 nitrogen and oxygen atoms in total. The van der Waals surface area contributed by atoms with Crippen molar-refractivity contribution >= 4 is 33.4 Å². The Morgan fingerprint density at radius 1 is 1.14 bits per heavy atom. The molecule has 0 unspecified atom stereocenters. The molecule has 3 amide bonds. The van der Waals surface area contributed by atoms with Crippen molar-refractivity contribution in [1.82, 2.24) is 9.80 Å². The molecule has 3 heterocycles. The lowest BCUT2D eigenvalue weighted by Gasteiger charge is -2.36. The van der Waals surface area contributed by atoms with Gasteiger partial charge in [-0.1, -0.05) is 43.7 Å². The zero-order valence-electron chi connectivity index (χ0n) is 16.2. The van der Waals surface area contributed by atoms with Gasteiger partial charge in [0.15, 0.2) is 0 Å². The molecule has 5 rings (SSSR count). The monoisotopic (exact) mass is 406 g/mol. The number of benzene rings is 2. The molecule has 0 radical (unpaired) electrons. The predicted molar refractivity (Wildman–Crippen MR) is 113 cm³/mol. The highest BCUT2D eigenvalue weighted by molar-refractivity contribution is 7.19. The zero-order valence-corrected chi connectivity index (χ0v) is 17.0. The first kappa shape index (κ1) is 18.2. The van der Waals surface area contributed by atoms with Gasteiger partial charge in [-0.3, -0.25) is 14.6 Å². The fraction of sp³-hybridized carbons (Fsp3) is 0.304. The topological polar surface area (TPSA) is 60.9 Å². The molecule has 1 fully saturated rings. The van der Waals surface area contributed by atoms with Gasteiger partial charge >= 0.3 is 6.03 Å². The first-order valence-electron chi connectivity index (χ1n) is 10.0. The Bertz CT molecular complexity index is 1120. The van der Waals surface area contributed by atoms with E-state index in [1.165, 1.54) is 4.90 Å². The van der Waals surface area contributed by atoms with Crippen molar-refractivity contribution in [3.8, 4) is 5.75 Å². The molecule has 148 valence electrons. The van der Waals surface area contributed by atoms with E-state index < -0.39 is 6.04 Å². The van der Waals surface area contributed by atoms with Crippen LogP contribution >= 0.6 is 11.3 Å². The highest BCUT2D eigenvalue weighted by Gasteiger charge is 2.52. The quantitative estimate of drug-likeness (QED) is 0.640. The summed E-state index contributed by atoms with van der Waals surface area (Å²) in [5.74, 6) is 0.0580. The van der Waals surface area contributed by atoms with Crippen LogP contribution in [0.3, 0.4) is 0 Å². The molecule has 29 heavy (non-hydrogen) atoms. The van der Waals surface area contributed by atoms with Crippen LogP contribution in [0.4, 0.5) is 4.79 Å². The third-order valence-electron chi connectivity index (χ3n) is 5.91. The van der Waals surface area contributed by atoms with E-state index in [9.17, 15) is 14.7 Å². The van der Waals surface area contributed by atoms with E-state index in [-0.39, 0.29) is 23.7 Å². The highest BCUT2D eigenvalue weighted by Crippen LogP contribution is 2.48. The van der Waals surface area contributed by atoms with Gasteiger partial charge < -0.3 is 5.11 Å². The van der Waals surface area contributed by atoms with Gasteiger partial charge in [0.1, 0.15) is 11.8 Å². The van der Waals surface area contributed by atoms with Crippen molar-refractivity contribution in [2.75, 3.05) is 6.54 Å². The van der Waals surface area contributed by atoms with Gasteiger partial charge in [-0.15, -0.1) is 11.3 Å². The lowest BCUT2D eigenvalue weighted by Crippen LogP contribution is -2.43. The number of unbranched alkanes of at least 4 members (excludes halogenated alkanes) is 1. The molecule has 2 atom stereocenters. The van der Waals surface area contributed by atoms with Crippen molar-refractivity contribution in [2.45, 2.75) is 38.3 Å². The van der Waals surface area contributed by atoms with E-state index in [0.717, 1.165) is 38.9 Å². The number of nitrogens with zero attached hydrogens (tertiary/aromatic N) is 2. The Labute approximate surface area is 173 Å². The minimum absolute atomic E-state index is 0.102. The largest absolute Gasteiger partial charge is 0.508 e. The standard InChI is InChI=1S/C23H22N2O3S/c1-2-3-11-24-22(27)18-13-17-16-9-4-5-10-19(16)29-21(17)20(25(18)23(24)28)14-7-6-8-15(26)12-14/h4-10,12,18,20,26H,2-3,11,13H2,1H3/t18-,20+/m0/s1. The van der Waals surface area contributed by atoms with Crippen molar-refractivity contribution in [3.05, 3.63) is 64.5 Å². The number of hydrogen-bond donors (Lipinski definition) is 1. The summed E-state index contributed by atoms with van der Waals surface area (Å²) in [6.07, 6.45) is 2.27. The number of hydrogen-bond acceptors (Lipinski definition) is 4. The Balaban J connectivity index is 1.69. The maximum Gasteiger partial charge on any atom is 0.328 e. The minimum atomic E-state index is -0.489. The highest BCUT2D eigenvalue weighted by atomic mass is 32.1. The van der Waals surface area contributed by atoms with Crippen molar-refractivity contribution in [2.24, 2.45) is 0 Å². The summed E-state index contributed by atoms with van der Waals surface area (Å²) in [4.78, 5) is 30.8. The van der Waals surface area contributed by atoms with Gasteiger partial charge in [0.05, 0.1) is 6.04 Å². The predicted octanol–water partition coefficient (Wildman–Crippen LogP) is 4.69. The van der Waals surface area contributed by atoms with Crippen LogP contribution in [0.5, 0.6) is 5.75 Å². The van der Waals surface area contributed by atoms with Crippen LogP contribution in [0.25, 0.3) is 10.1 Å². The average Bonchev–Trinajstić information content (AvgIpc) is 3.20. The van der Waals surface area contributed by atoms with Crippen molar-refractivity contribution < 1.29 is 14.7 Å². The van der Waals surface area contributed by atoms with Crippen LogP contribution in [0.15, 0.2) is 48.5 Å². The number of carbonyl (C=O) groups excluding carboxylic acids is 2. The van der Waals surface area contributed by atoms with Gasteiger partial charge in [0, 0.05) is 22.5 Å². The van der Waals surface area contributed by atoms with Gasteiger partial charge in [-0.2, -0.15) is 0 Å². The molecular weight excluding hydrogens is 384 g/mol. The summed E-state index contributed by atoms with van der Waals surface area (Å²) in [5.41, 5.74) is 1.99. The molecule has 0 saturated carbocycles. The lowest BCUT2D eigenvalue weighted by molar-refractivity contribution is -0.128. The van der Waals surface area contributed by atoms with E-state index in [1.807, 2.05) is 18.2 Å². The molecule has 0 bridgehead atoms. The molecule has 0 aliphatic carbocycles. The number of carbonyl (C=O) groups is 2. The molecule has 3 aromatic rings. The maximum atomic E-state index is 13.3. The Morgan fingerprint density at radius 3 is 2.76 bits per heavy atom. The van der Waals surface area contributed by atoms with Gasteiger partial charge in [0.2, 0.25) is 0 Å². The number of urea groups is 1. The Hall–Kier alpha value is -2.86. The van der Waals surface area contributed by atoms with Crippen LogP contribution < -0.4 is 0 Å². The smallest absolute Gasteiger partial charge is 0.328 e. The van der Waals surface area contributed by atoms with Crippen LogP contribution in [0.1, 0.15) is 41.8 Å². The lowest BCUT2D eigenvalue weighted by atomic mass is 9.89. The molecule has 6 heteroatoms. The van der Waals surface area contributed by atoms with Crippen molar-refractivity contribution in [3.63, 3.8) is 0 Å². The second-order valence-corrected chi connectivity index (χ2v) is 8.78. The Kier molecular flexibility index (Phi) is 4.32. The molecule has 1 N–H and O–H groups in total. The molecule has 0 spiro atoms. The summed E-state index contributed by atoms with van der Waals surface area (Å²) in [6, 6.07) is 14.2. The molecule has 2 aliphatic rings. The number of imide groups is 1. The van der Waals surface area contributed by atoms with Gasteiger partial charge in [-0.05, 0) is 41.1 Å². The number of thiophene rings is 1.